The zero-order chi connectivity index (χ0) is 22.0. The molecule has 4 rings (SSSR count). The van der Waals surface area contributed by atoms with Gasteiger partial charge in [0.2, 0.25) is 0 Å². The van der Waals surface area contributed by atoms with E-state index in [0.29, 0.717) is 21.7 Å². The van der Waals surface area contributed by atoms with Crippen molar-refractivity contribution in [3.8, 4) is 22.5 Å². The zero-order valence-electron chi connectivity index (χ0n) is 18.1. The van der Waals surface area contributed by atoms with Crippen molar-refractivity contribution in [1.82, 2.24) is 20.6 Å². The monoisotopic (exact) mass is 417 g/mol. The number of hydrogen-bond donors (Lipinski definition) is 1. The van der Waals surface area contributed by atoms with Gasteiger partial charge < -0.3 is 4.74 Å². The first-order valence-electron chi connectivity index (χ1n) is 10.2. The van der Waals surface area contributed by atoms with E-state index in [-0.39, 0.29) is 5.97 Å². The fourth-order valence-electron chi connectivity index (χ4n) is 4.23. The van der Waals surface area contributed by atoms with Crippen molar-refractivity contribution >= 4 is 17.4 Å². The van der Waals surface area contributed by atoms with Gasteiger partial charge in [0.25, 0.3) is 0 Å². The van der Waals surface area contributed by atoms with E-state index in [9.17, 15) is 4.79 Å². The van der Waals surface area contributed by atoms with Gasteiger partial charge in [-0.05, 0) is 47.0 Å². The summed E-state index contributed by atoms with van der Waals surface area (Å²) in [7, 11) is 3.43. The maximum Gasteiger partial charge on any atom is 0.346 e. The average Bonchev–Trinajstić information content (AvgIpc) is 3.40. The Morgan fingerprint density at radius 1 is 1.06 bits per heavy atom. The van der Waals surface area contributed by atoms with E-state index in [1.54, 1.807) is 0 Å². The maximum absolute atomic E-state index is 12.6. The van der Waals surface area contributed by atoms with Crippen LogP contribution < -0.4 is 0 Å². The van der Waals surface area contributed by atoms with Crippen molar-refractivity contribution in [2.24, 2.45) is 5.10 Å². The topological polar surface area (TPSA) is 93.1 Å². The minimum absolute atomic E-state index is 0.326. The van der Waals surface area contributed by atoms with Gasteiger partial charge in [0.15, 0.2) is 11.5 Å². The number of carbonyl (C=O) groups is 1. The molecule has 0 aliphatic carbocycles. The number of methoxy groups -OCH3 is 1. The molecule has 1 unspecified atom stereocenters. The number of ether oxygens (including phenoxy) is 1. The first-order valence-corrected chi connectivity index (χ1v) is 10.2. The van der Waals surface area contributed by atoms with Gasteiger partial charge in [0.1, 0.15) is 17.8 Å². The number of H-pyrrole nitrogens is 1. The number of aromatic amines is 1. The van der Waals surface area contributed by atoms with E-state index < -0.39 is 0 Å². The lowest BCUT2D eigenvalue weighted by Crippen LogP contribution is -2.35. The van der Waals surface area contributed by atoms with Crippen LogP contribution in [0.4, 0.5) is 0 Å². The largest absolute Gasteiger partial charge is 0.465 e. The van der Waals surface area contributed by atoms with Crippen molar-refractivity contribution in [1.29, 1.82) is 0 Å². The second-order valence-corrected chi connectivity index (χ2v) is 7.64. The zero-order valence-corrected chi connectivity index (χ0v) is 18.1. The minimum atomic E-state index is -0.360. The van der Waals surface area contributed by atoms with Crippen molar-refractivity contribution in [3.63, 3.8) is 0 Å². The summed E-state index contributed by atoms with van der Waals surface area (Å²) in [5.74, 6) is 0.254. The predicted octanol–water partition coefficient (Wildman–Crippen LogP) is 3.66. The molecule has 0 bridgehead atoms. The van der Waals surface area contributed by atoms with E-state index in [0.717, 1.165) is 40.9 Å². The van der Waals surface area contributed by atoms with Crippen molar-refractivity contribution in [2.75, 3.05) is 20.7 Å². The summed E-state index contributed by atoms with van der Waals surface area (Å²) >= 11 is 0. The molecule has 1 N–H and O–H groups in total. The van der Waals surface area contributed by atoms with E-state index in [1.165, 1.54) is 7.11 Å². The lowest BCUT2D eigenvalue weighted by Gasteiger charge is -2.26. The standard InChI is InChI=1S/C23H24N6O2/c1-5-14-29(3)21(20(15(2)26-29)23(30)31-4)17-12-10-16(11-13-17)18-8-6-7-9-19(18)22-24-27-28-25-22/h6-13H,5,14H2,1-4H3/p+1. The second kappa shape index (κ2) is 8.23. The van der Waals surface area contributed by atoms with Crippen LogP contribution in [0.5, 0.6) is 0 Å². The highest BCUT2D eigenvalue weighted by Gasteiger charge is 2.42. The first kappa shape index (κ1) is 20.6. The van der Waals surface area contributed by atoms with Crippen LogP contribution >= 0.6 is 0 Å². The van der Waals surface area contributed by atoms with Gasteiger partial charge in [-0.15, -0.1) is 5.10 Å². The Labute approximate surface area is 180 Å². The van der Waals surface area contributed by atoms with Gasteiger partial charge in [0, 0.05) is 11.1 Å². The number of rotatable bonds is 6. The Morgan fingerprint density at radius 3 is 2.35 bits per heavy atom. The summed E-state index contributed by atoms with van der Waals surface area (Å²) < 4.78 is 5.39. The van der Waals surface area contributed by atoms with Crippen LogP contribution in [0.3, 0.4) is 0 Å². The molecule has 1 atom stereocenters. The Morgan fingerprint density at radius 2 is 1.74 bits per heavy atom. The molecule has 0 saturated carbocycles. The van der Waals surface area contributed by atoms with E-state index in [4.69, 9.17) is 9.84 Å². The van der Waals surface area contributed by atoms with E-state index in [2.05, 4.69) is 27.5 Å². The summed E-state index contributed by atoms with van der Waals surface area (Å²) in [6.45, 7) is 4.76. The lowest BCUT2D eigenvalue weighted by atomic mass is 9.96. The fourth-order valence-corrected chi connectivity index (χ4v) is 4.23. The summed E-state index contributed by atoms with van der Waals surface area (Å²) in [5.41, 5.74) is 6.01. The van der Waals surface area contributed by atoms with Gasteiger partial charge >= 0.3 is 5.97 Å². The van der Waals surface area contributed by atoms with Gasteiger partial charge in [-0.25, -0.2) is 9.89 Å². The normalized spacial score (nSPS) is 18.3. The Hall–Kier alpha value is -3.65. The van der Waals surface area contributed by atoms with Crippen molar-refractivity contribution in [2.45, 2.75) is 20.3 Å². The molecule has 158 valence electrons. The second-order valence-electron chi connectivity index (χ2n) is 7.64. The molecule has 0 amide bonds. The highest BCUT2D eigenvalue weighted by molar-refractivity contribution is 6.24. The molecule has 31 heavy (non-hydrogen) atoms. The average molecular weight is 417 g/mol. The molecule has 8 heteroatoms. The number of nitrogens with zero attached hydrogens (tertiary/aromatic N) is 5. The molecule has 8 nitrogen and oxygen atoms in total. The van der Waals surface area contributed by atoms with Crippen LogP contribution in [-0.4, -0.2) is 57.6 Å². The number of quaternary nitrogens is 1. The number of nitrogens with one attached hydrogen (secondary N) is 1. The summed E-state index contributed by atoms with van der Waals surface area (Å²) in [5, 5.41) is 19.0. The van der Waals surface area contributed by atoms with Crippen LogP contribution in [0, 0.1) is 0 Å². The highest BCUT2D eigenvalue weighted by Crippen LogP contribution is 2.38. The number of aromatic nitrogens is 4. The molecular weight excluding hydrogens is 392 g/mol. The maximum atomic E-state index is 12.6. The third-order valence-electron chi connectivity index (χ3n) is 5.50. The minimum Gasteiger partial charge on any atom is -0.465 e. The summed E-state index contributed by atoms with van der Waals surface area (Å²) in [6.07, 6.45) is 0.932. The molecule has 2 aromatic carbocycles. The number of hydrogen-bond acceptors (Lipinski definition) is 6. The van der Waals surface area contributed by atoms with Crippen LogP contribution in [0.25, 0.3) is 28.2 Å². The quantitative estimate of drug-likeness (QED) is 0.488. The SMILES string of the molecule is CCC[N+]1(C)N=C(C)C(C(=O)OC)=C1c1ccc(-c2ccccc2-c2nnn[nH]2)cc1. The van der Waals surface area contributed by atoms with E-state index >= 15 is 0 Å². The smallest absolute Gasteiger partial charge is 0.346 e. The molecule has 1 aliphatic heterocycles. The molecule has 2 heterocycles. The molecule has 0 radical (unpaired) electrons. The summed E-state index contributed by atoms with van der Waals surface area (Å²) in [6, 6.07) is 16.1. The lowest BCUT2D eigenvalue weighted by molar-refractivity contribution is -0.844. The van der Waals surface area contributed by atoms with Gasteiger partial charge in [-0.1, -0.05) is 48.4 Å². The summed E-state index contributed by atoms with van der Waals surface area (Å²) in [4.78, 5) is 12.6. The number of carbonyl (C=O) groups excluding carboxylic acids is 1. The Kier molecular flexibility index (Phi) is 5.48. The third-order valence-corrected chi connectivity index (χ3v) is 5.50. The predicted molar refractivity (Wildman–Crippen MR) is 118 cm³/mol. The fraction of sp³-hybridized carbons (Fsp3) is 0.261. The molecular formula is C23H25N6O2+. The molecule has 0 spiro atoms. The molecule has 1 aliphatic rings. The molecule has 0 fully saturated rings. The van der Waals surface area contributed by atoms with Gasteiger partial charge in [-0.3, -0.25) is 0 Å². The van der Waals surface area contributed by atoms with Crippen molar-refractivity contribution in [3.05, 3.63) is 59.7 Å². The Balaban J connectivity index is 1.79. The van der Waals surface area contributed by atoms with Gasteiger partial charge in [-0.2, -0.15) is 4.59 Å². The van der Waals surface area contributed by atoms with Crippen LogP contribution in [0.1, 0.15) is 25.8 Å². The third kappa shape index (κ3) is 3.66. The van der Waals surface area contributed by atoms with Crippen molar-refractivity contribution < 1.29 is 14.1 Å². The number of benzene rings is 2. The molecule has 3 aromatic rings. The molecule has 0 saturated heterocycles. The number of esters is 1. The van der Waals surface area contributed by atoms with Crippen LogP contribution in [0.15, 0.2) is 59.2 Å². The molecule has 1 aromatic heterocycles. The highest BCUT2D eigenvalue weighted by atomic mass is 16.5. The number of tetrazole rings is 1. The first-order chi connectivity index (χ1) is 15.0. The van der Waals surface area contributed by atoms with Crippen LogP contribution in [0.2, 0.25) is 0 Å². The van der Waals surface area contributed by atoms with E-state index in [1.807, 2.05) is 62.5 Å². The van der Waals surface area contributed by atoms with Crippen LogP contribution in [-0.2, 0) is 9.53 Å². The van der Waals surface area contributed by atoms with Gasteiger partial charge in [0.05, 0.1) is 14.2 Å². The Bertz CT molecular complexity index is 1170.